The van der Waals surface area contributed by atoms with E-state index >= 15 is 0 Å². The highest BCUT2D eigenvalue weighted by atomic mass is 35.5. The lowest BCUT2D eigenvalue weighted by Gasteiger charge is -2.06. The third-order valence-corrected chi connectivity index (χ3v) is 3.10. The second-order valence-corrected chi connectivity index (χ2v) is 4.48. The van der Waals surface area contributed by atoms with Crippen molar-refractivity contribution in [2.75, 3.05) is 0 Å². The standard InChI is InChI=1S/C13H8Cl2O3/c14-10-5-7(1-3-9(10)13(17)18)8-2-4-12(16)11(15)6-8/h1-6,16H,(H,17,18). The Labute approximate surface area is 113 Å². The van der Waals surface area contributed by atoms with Gasteiger partial charge in [0, 0.05) is 0 Å². The van der Waals surface area contributed by atoms with E-state index in [1.54, 1.807) is 24.3 Å². The molecule has 92 valence electrons. The SMILES string of the molecule is O=C(O)c1ccc(-c2ccc(O)c(Cl)c2)cc1Cl. The van der Waals surface area contributed by atoms with Crippen LogP contribution in [-0.2, 0) is 0 Å². The zero-order chi connectivity index (χ0) is 13.3. The Morgan fingerprint density at radius 3 is 2.00 bits per heavy atom. The molecule has 2 aromatic rings. The van der Waals surface area contributed by atoms with Crippen molar-refractivity contribution in [2.45, 2.75) is 0 Å². The monoisotopic (exact) mass is 282 g/mol. The van der Waals surface area contributed by atoms with Crippen LogP contribution in [0.15, 0.2) is 36.4 Å². The number of hydrogen-bond acceptors (Lipinski definition) is 2. The summed E-state index contributed by atoms with van der Waals surface area (Å²) in [6.07, 6.45) is 0. The summed E-state index contributed by atoms with van der Waals surface area (Å²) < 4.78 is 0. The van der Waals surface area contributed by atoms with Gasteiger partial charge in [0.05, 0.1) is 15.6 Å². The number of carboxylic acid groups (broad SMARTS) is 1. The molecule has 0 unspecified atom stereocenters. The highest BCUT2D eigenvalue weighted by molar-refractivity contribution is 6.34. The van der Waals surface area contributed by atoms with Gasteiger partial charge in [-0.25, -0.2) is 4.79 Å². The van der Waals surface area contributed by atoms with E-state index in [-0.39, 0.29) is 21.4 Å². The van der Waals surface area contributed by atoms with E-state index in [2.05, 4.69) is 0 Å². The molecule has 18 heavy (non-hydrogen) atoms. The Hall–Kier alpha value is -1.71. The molecule has 0 saturated heterocycles. The van der Waals surface area contributed by atoms with Crippen molar-refractivity contribution < 1.29 is 15.0 Å². The molecule has 2 aromatic carbocycles. The first-order chi connectivity index (χ1) is 8.49. The number of rotatable bonds is 2. The first-order valence-electron chi connectivity index (χ1n) is 5.01. The molecule has 0 amide bonds. The Bertz CT molecular complexity index is 624. The molecule has 2 N–H and O–H groups in total. The average molecular weight is 283 g/mol. The minimum atomic E-state index is -1.07. The fourth-order valence-corrected chi connectivity index (χ4v) is 2.00. The summed E-state index contributed by atoms with van der Waals surface area (Å²) in [4.78, 5) is 10.8. The zero-order valence-electron chi connectivity index (χ0n) is 9.02. The van der Waals surface area contributed by atoms with E-state index in [1.807, 2.05) is 0 Å². The smallest absolute Gasteiger partial charge is 0.337 e. The fourth-order valence-electron chi connectivity index (χ4n) is 1.55. The summed E-state index contributed by atoms with van der Waals surface area (Å²) in [5.41, 5.74) is 1.52. The number of carboxylic acids is 1. The molecule has 0 radical (unpaired) electrons. The van der Waals surface area contributed by atoms with Crippen LogP contribution in [0.5, 0.6) is 5.75 Å². The van der Waals surface area contributed by atoms with Crippen molar-refractivity contribution in [3.05, 3.63) is 52.0 Å². The average Bonchev–Trinajstić information content (AvgIpc) is 2.32. The van der Waals surface area contributed by atoms with Gasteiger partial charge in [0.25, 0.3) is 0 Å². The third-order valence-electron chi connectivity index (χ3n) is 2.48. The molecule has 2 rings (SSSR count). The van der Waals surface area contributed by atoms with Crippen molar-refractivity contribution >= 4 is 29.2 Å². The summed E-state index contributed by atoms with van der Waals surface area (Å²) in [5.74, 6) is -1.08. The number of phenols is 1. The zero-order valence-corrected chi connectivity index (χ0v) is 10.5. The predicted molar refractivity (Wildman–Crippen MR) is 70.5 cm³/mol. The van der Waals surface area contributed by atoms with Gasteiger partial charge in [0.15, 0.2) is 0 Å². The Morgan fingerprint density at radius 2 is 1.50 bits per heavy atom. The van der Waals surface area contributed by atoms with Gasteiger partial charge in [-0.05, 0) is 35.4 Å². The topological polar surface area (TPSA) is 57.5 Å². The molecule has 0 aliphatic rings. The maximum absolute atomic E-state index is 10.8. The Morgan fingerprint density at radius 1 is 0.944 bits per heavy atom. The van der Waals surface area contributed by atoms with Crippen LogP contribution < -0.4 is 0 Å². The molecule has 0 aliphatic carbocycles. The van der Waals surface area contributed by atoms with E-state index in [0.717, 1.165) is 11.1 Å². The van der Waals surface area contributed by atoms with E-state index in [0.29, 0.717) is 0 Å². The molecule has 5 heteroatoms. The summed E-state index contributed by atoms with van der Waals surface area (Å²) >= 11 is 11.7. The minimum absolute atomic E-state index is 0.00586. The van der Waals surface area contributed by atoms with Crippen molar-refractivity contribution in [2.24, 2.45) is 0 Å². The van der Waals surface area contributed by atoms with Gasteiger partial charge in [0.2, 0.25) is 0 Å². The van der Waals surface area contributed by atoms with Crippen LogP contribution in [0.2, 0.25) is 10.0 Å². The lowest BCUT2D eigenvalue weighted by molar-refractivity contribution is 0.0697. The Balaban J connectivity index is 2.48. The van der Waals surface area contributed by atoms with Crippen molar-refractivity contribution in [1.82, 2.24) is 0 Å². The van der Waals surface area contributed by atoms with Gasteiger partial charge in [0.1, 0.15) is 5.75 Å². The van der Waals surface area contributed by atoms with Crippen LogP contribution in [-0.4, -0.2) is 16.2 Å². The van der Waals surface area contributed by atoms with Crippen LogP contribution in [0.3, 0.4) is 0 Å². The molecule has 0 aliphatic heterocycles. The van der Waals surface area contributed by atoms with Gasteiger partial charge >= 0.3 is 5.97 Å². The van der Waals surface area contributed by atoms with Gasteiger partial charge in [-0.2, -0.15) is 0 Å². The maximum Gasteiger partial charge on any atom is 0.337 e. The number of hydrogen-bond donors (Lipinski definition) is 2. The Kier molecular flexibility index (Phi) is 3.45. The number of carbonyl (C=O) groups is 1. The van der Waals surface area contributed by atoms with Gasteiger partial charge < -0.3 is 10.2 Å². The summed E-state index contributed by atoms with van der Waals surface area (Å²) in [6, 6.07) is 9.35. The van der Waals surface area contributed by atoms with Crippen LogP contribution >= 0.6 is 23.2 Å². The van der Waals surface area contributed by atoms with E-state index in [4.69, 9.17) is 28.3 Å². The third kappa shape index (κ3) is 2.42. The highest BCUT2D eigenvalue weighted by Crippen LogP contribution is 2.31. The normalized spacial score (nSPS) is 10.3. The van der Waals surface area contributed by atoms with E-state index in [1.165, 1.54) is 12.1 Å². The largest absolute Gasteiger partial charge is 0.506 e. The van der Waals surface area contributed by atoms with Gasteiger partial charge in [-0.3, -0.25) is 0 Å². The number of aromatic carboxylic acids is 1. The predicted octanol–water partition coefficient (Wildman–Crippen LogP) is 4.06. The quantitative estimate of drug-likeness (QED) is 0.873. The molecule has 0 fully saturated rings. The molecule has 0 heterocycles. The molecule has 0 atom stereocenters. The molecule has 0 bridgehead atoms. The summed E-state index contributed by atoms with van der Waals surface area (Å²) in [5, 5.41) is 18.6. The molecule has 3 nitrogen and oxygen atoms in total. The molecule has 0 saturated carbocycles. The second kappa shape index (κ2) is 4.88. The van der Waals surface area contributed by atoms with Crippen LogP contribution in [0, 0.1) is 0 Å². The first kappa shape index (κ1) is 12.7. The fraction of sp³-hybridized carbons (Fsp3) is 0. The number of aromatic hydroxyl groups is 1. The van der Waals surface area contributed by atoms with Crippen LogP contribution in [0.4, 0.5) is 0 Å². The number of halogens is 2. The van der Waals surface area contributed by atoms with Crippen LogP contribution in [0.25, 0.3) is 11.1 Å². The van der Waals surface area contributed by atoms with Crippen molar-refractivity contribution in [3.8, 4) is 16.9 Å². The lowest BCUT2D eigenvalue weighted by atomic mass is 10.0. The molecule has 0 aromatic heterocycles. The highest BCUT2D eigenvalue weighted by Gasteiger charge is 2.10. The van der Waals surface area contributed by atoms with Gasteiger partial charge in [-0.1, -0.05) is 35.3 Å². The summed E-state index contributed by atoms with van der Waals surface area (Å²) in [6.45, 7) is 0. The van der Waals surface area contributed by atoms with Crippen molar-refractivity contribution in [1.29, 1.82) is 0 Å². The van der Waals surface area contributed by atoms with E-state index in [9.17, 15) is 9.90 Å². The van der Waals surface area contributed by atoms with Gasteiger partial charge in [-0.15, -0.1) is 0 Å². The minimum Gasteiger partial charge on any atom is -0.506 e. The van der Waals surface area contributed by atoms with E-state index < -0.39 is 5.97 Å². The number of phenolic OH excluding ortho intramolecular Hbond substituents is 1. The summed E-state index contributed by atoms with van der Waals surface area (Å²) in [7, 11) is 0. The first-order valence-corrected chi connectivity index (χ1v) is 5.76. The lowest BCUT2D eigenvalue weighted by Crippen LogP contribution is -1.97. The number of benzene rings is 2. The van der Waals surface area contributed by atoms with Crippen molar-refractivity contribution in [3.63, 3.8) is 0 Å². The van der Waals surface area contributed by atoms with Crippen LogP contribution in [0.1, 0.15) is 10.4 Å². The molecular weight excluding hydrogens is 275 g/mol. The second-order valence-electron chi connectivity index (χ2n) is 3.67. The molecule has 0 spiro atoms. The maximum atomic E-state index is 10.8. The molecular formula is C13H8Cl2O3.